The molecule has 0 atom stereocenters. The van der Waals surface area contributed by atoms with Gasteiger partial charge in [0.15, 0.2) is 0 Å². The van der Waals surface area contributed by atoms with E-state index in [1.807, 2.05) is 18.2 Å². The number of nitrogens with zero attached hydrogens (tertiary/aromatic N) is 2. The number of pyridine rings is 1. The highest BCUT2D eigenvalue weighted by Gasteiger charge is 2.15. The molecule has 1 aromatic carbocycles. The zero-order valence-electron chi connectivity index (χ0n) is 12.8. The quantitative estimate of drug-likeness (QED) is 0.685. The lowest BCUT2D eigenvalue weighted by atomic mass is 10.2. The molecule has 128 valence electrons. The van der Waals surface area contributed by atoms with Crippen LogP contribution in [0, 0.1) is 0 Å². The van der Waals surface area contributed by atoms with Gasteiger partial charge >= 0.3 is 5.97 Å². The van der Waals surface area contributed by atoms with Crippen LogP contribution in [-0.4, -0.2) is 29.5 Å². The second kappa shape index (κ2) is 7.09. The minimum Gasteiger partial charge on any atom is -0.478 e. The molecule has 2 aromatic heterocycles. The summed E-state index contributed by atoms with van der Waals surface area (Å²) >= 11 is 1.38. The van der Waals surface area contributed by atoms with Gasteiger partial charge in [-0.3, -0.25) is 4.98 Å². The van der Waals surface area contributed by atoms with Crippen molar-refractivity contribution >= 4 is 27.3 Å². The van der Waals surface area contributed by atoms with Crippen LogP contribution in [0.15, 0.2) is 58.9 Å². The first kappa shape index (κ1) is 17.2. The predicted octanol–water partition coefficient (Wildman–Crippen LogP) is 2.38. The summed E-state index contributed by atoms with van der Waals surface area (Å²) in [6, 6.07) is 10.5. The summed E-state index contributed by atoms with van der Waals surface area (Å²) < 4.78 is 27.0. The third kappa shape index (κ3) is 4.08. The van der Waals surface area contributed by atoms with Crippen LogP contribution in [0.1, 0.15) is 16.1 Å². The lowest BCUT2D eigenvalue weighted by Gasteiger charge is -2.05. The summed E-state index contributed by atoms with van der Waals surface area (Å²) in [5.74, 6) is -1.11. The second-order valence-corrected chi connectivity index (χ2v) is 7.64. The number of carboxylic acid groups (broad SMARTS) is 1. The molecule has 0 aliphatic heterocycles. The van der Waals surface area contributed by atoms with Gasteiger partial charge in [0, 0.05) is 11.6 Å². The molecule has 0 unspecified atom stereocenters. The highest BCUT2D eigenvalue weighted by atomic mass is 32.2. The minimum atomic E-state index is -3.75. The molecule has 7 nitrogen and oxygen atoms in total. The van der Waals surface area contributed by atoms with E-state index >= 15 is 0 Å². The van der Waals surface area contributed by atoms with Crippen molar-refractivity contribution in [3.8, 4) is 10.7 Å². The van der Waals surface area contributed by atoms with Gasteiger partial charge < -0.3 is 5.11 Å². The van der Waals surface area contributed by atoms with Crippen LogP contribution >= 0.6 is 11.3 Å². The molecule has 9 heteroatoms. The molecule has 25 heavy (non-hydrogen) atoms. The van der Waals surface area contributed by atoms with Crippen molar-refractivity contribution in [1.82, 2.24) is 14.7 Å². The van der Waals surface area contributed by atoms with Crippen molar-refractivity contribution in [3.63, 3.8) is 0 Å². The summed E-state index contributed by atoms with van der Waals surface area (Å²) in [4.78, 5) is 19.4. The number of aromatic carboxylic acids is 1. The number of carbonyl (C=O) groups is 1. The highest BCUT2D eigenvalue weighted by molar-refractivity contribution is 7.89. The molecular formula is C16H13N3O4S2. The summed E-state index contributed by atoms with van der Waals surface area (Å²) in [5.41, 5.74) is 1.33. The molecule has 0 saturated heterocycles. The summed E-state index contributed by atoms with van der Waals surface area (Å²) in [5, 5.41) is 11.3. The van der Waals surface area contributed by atoms with Gasteiger partial charge in [0.2, 0.25) is 10.0 Å². The van der Waals surface area contributed by atoms with Crippen LogP contribution < -0.4 is 4.72 Å². The van der Waals surface area contributed by atoms with Gasteiger partial charge in [-0.15, -0.1) is 11.3 Å². The maximum Gasteiger partial charge on any atom is 0.335 e. The zero-order chi connectivity index (χ0) is 17.9. The minimum absolute atomic E-state index is 0.00215. The second-order valence-electron chi connectivity index (χ2n) is 5.01. The number of carboxylic acids is 1. The van der Waals surface area contributed by atoms with Crippen molar-refractivity contribution in [3.05, 3.63) is 65.3 Å². The van der Waals surface area contributed by atoms with Crippen LogP contribution in [0.3, 0.4) is 0 Å². The number of aromatic nitrogens is 2. The van der Waals surface area contributed by atoms with Crippen molar-refractivity contribution in [2.75, 3.05) is 0 Å². The lowest BCUT2D eigenvalue weighted by molar-refractivity contribution is 0.0696. The molecule has 0 fully saturated rings. The molecule has 0 bridgehead atoms. The van der Waals surface area contributed by atoms with E-state index in [0.717, 1.165) is 5.69 Å². The van der Waals surface area contributed by atoms with E-state index in [0.29, 0.717) is 10.7 Å². The van der Waals surface area contributed by atoms with E-state index in [9.17, 15) is 13.2 Å². The van der Waals surface area contributed by atoms with E-state index in [4.69, 9.17) is 5.11 Å². The predicted molar refractivity (Wildman–Crippen MR) is 92.8 cm³/mol. The van der Waals surface area contributed by atoms with Gasteiger partial charge in [0.05, 0.1) is 28.4 Å². The van der Waals surface area contributed by atoms with Gasteiger partial charge in [-0.2, -0.15) is 0 Å². The fourth-order valence-corrected chi connectivity index (χ4v) is 3.82. The van der Waals surface area contributed by atoms with E-state index in [1.54, 1.807) is 11.6 Å². The maximum atomic E-state index is 12.3. The fraction of sp³-hybridized carbons (Fsp3) is 0.0625. The van der Waals surface area contributed by atoms with Crippen LogP contribution in [0.4, 0.5) is 0 Å². The Hall–Kier alpha value is -2.62. The Balaban J connectivity index is 1.70. The van der Waals surface area contributed by atoms with Gasteiger partial charge in [-0.1, -0.05) is 6.07 Å². The van der Waals surface area contributed by atoms with E-state index in [2.05, 4.69) is 14.7 Å². The summed E-state index contributed by atoms with van der Waals surface area (Å²) in [7, 11) is -3.75. The maximum absolute atomic E-state index is 12.3. The number of hydrogen-bond acceptors (Lipinski definition) is 6. The van der Waals surface area contributed by atoms with E-state index in [1.165, 1.54) is 35.6 Å². The summed E-state index contributed by atoms with van der Waals surface area (Å²) in [6.45, 7) is 0.0341. The number of rotatable bonds is 6. The largest absolute Gasteiger partial charge is 0.478 e. The molecule has 0 spiro atoms. The first-order valence-electron chi connectivity index (χ1n) is 7.14. The highest BCUT2D eigenvalue weighted by Crippen LogP contribution is 2.21. The average Bonchev–Trinajstić information content (AvgIpc) is 3.10. The van der Waals surface area contributed by atoms with Crippen molar-refractivity contribution in [1.29, 1.82) is 0 Å². The smallest absolute Gasteiger partial charge is 0.335 e. The Bertz CT molecular complexity index is 984. The molecular weight excluding hydrogens is 362 g/mol. The SMILES string of the molecule is O=C(O)c1ccc(S(=O)(=O)NCc2csc(-c3ccccn3)n2)cc1. The first-order valence-corrected chi connectivity index (χ1v) is 9.51. The van der Waals surface area contributed by atoms with Crippen LogP contribution in [0.5, 0.6) is 0 Å². The number of nitrogens with one attached hydrogen (secondary N) is 1. The number of thiazole rings is 1. The Labute approximate surface area is 148 Å². The van der Waals surface area contributed by atoms with Gasteiger partial charge in [-0.25, -0.2) is 22.9 Å². The Morgan fingerprint density at radius 3 is 2.56 bits per heavy atom. The standard InChI is InChI=1S/C16H13N3O4S2/c20-16(21)11-4-6-13(7-5-11)25(22,23)18-9-12-10-24-15(19-12)14-3-1-2-8-17-14/h1-8,10,18H,9H2,(H,20,21). The molecule has 0 saturated carbocycles. The van der Waals surface area contributed by atoms with Crippen LogP contribution in [-0.2, 0) is 16.6 Å². The molecule has 3 aromatic rings. The van der Waals surface area contributed by atoms with Gasteiger partial charge in [0.25, 0.3) is 0 Å². The van der Waals surface area contributed by atoms with E-state index < -0.39 is 16.0 Å². The van der Waals surface area contributed by atoms with Crippen LogP contribution in [0.25, 0.3) is 10.7 Å². The van der Waals surface area contributed by atoms with Crippen LogP contribution in [0.2, 0.25) is 0 Å². The number of benzene rings is 1. The van der Waals surface area contributed by atoms with Crippen molar-refractivity contribution < 1.29 is 18.3 Å². The topological polar surface area (TPSA) is 109 Å². The van der Waals surface area contributed by atoms with E-state index in [-0.39, 0.29) is 17.0 Å². The number of sulfonamides is 1. The van der Waals surface area contributed by atoms with Gasteiger partial charge in [-0.05, 0) is 36.4 Å². The normalized spacial score (nSPS) is 11.4. The Kier molecular flexibility index (Phi) is 4.88. The molecule has 0 aliphatic rings. The molecule has 0 radical (unpaired) electrons. The van der Waals surface area contributed by atoms with Crippen molar-refractivity contribution in [2.45, 2.75) is 11.4 Å². The monoisotopic (exact) mass is 375 g/mol. The first-order chi connectivity index (χ1) is 12.0. The van der Waals surface area contributed by atoms with Gasteiger partial charge in [0.1, 0.15) is 5.01 Å². The molecule has 2 heterocycles. The average molecular weight is 375 g/mol. The Morgan fingerprint density at radius 2 is 1.92 bits per heavy atom. The van der Waals surface area contributed by atoms with Crippen molar-refractivity contribution in [2.24, 2.45) is 0 Å². The fourth-order valence-electron chi connectivity index (χ4n) is 2.02. The number of hydrogen-bond donors (Lipinski definition) is 2. The molecule has 2 N–H and O–H groups in total. The summed E-state index contributed by atoms with van der Waals surface area (Å²) in [6.07, 6.45) is 1.67. The lowest BCUT2D eigenvalue weighted by Crippen LogP contribution is -2.23. The Morgan fingerprint density at radius 1 is 1.16 bits per heavy atom. The molecule has 0 aliphatic carbocycles. The molecule has 3 rings (SSSR count). The third-order valence-corrected chi connectivity index (χ3v) is 5.62. The third-order valence-electron chi connectivity index (χ3n) is 3.29. The zero-order valence-corrected chi connectivity index (χ0v) is 14.4. The molecule has 0 amide bonds.